The van der Waals surface area contributed by atoms with E-state index < -0.39 is 0 Å². The van der Waals surface area contributed by atoms with Gasteiger partial charge in [-0.2, -0.15) is 0 Å². The maximum atomic E-state index is 12.7. The first-order valence-corrected chi connectivity index (χ1v) is 11.3. The van der Waals surface area contributed by atoms with Crippen molar-refractivity contribution in [1.29, 1.82) is 0 Å². The summed E-state index contributed by atoms with van der Waals surface area (Å²) in [5.41, 5.74) is 2.92. The normalized spacial score (nSPS) is 10.5. The highest BCUT2D eigenvalue weighted by Gasteiger charge is 2.15. The molecule has 2 N–H and O–H groups in total. The summed E-state index contributed by atoms with van der Waals surface area (Å²) in [5, 5.41) is 18.0. The number of hydrogen-bond donors (Lipinski definition) is 2. The Balaban J connectivity index is 1.34. The molecule has 0 bridgehead atoms. The van der Waals surface area contributed by atoms with Crippen molar-refractivity contribution in [2.24, 2.45) is 0 Å². The van der Waals surface area contributed by atoms with Crippen LogP contribution in [0.5, 0.6) is 0 Å². The molecule has 3 aromatic carbocycles. The molecule has 0 spiro atoms. The van der Waals surface area contributed by atoms with Gasteiger partial charge in [0.25, 0.3) is 5.91 Å². The van der Waals surface area contributed by atoms with Crippen molar-refractivity contribution in [2.75, 3.05) is 11.1 Å². The van der Waals surface area contributed by atoms with Gasteiger partial charge < -0.3 is 10.6 Å². The van der Waals surface area contributed by atoms with Crippen molar-refractivity contribution in [3.05, 3.63) is 102 Å². The Morgan fingerprint density at radius 2 is 1.52 bits per heavy atom. The third-order valence-corrected chi connectivity index (χ3v) is 5.71. The highest BCUT2D eigenvalue weighted by atomic mass is 32.2. The quantitative estimate of drug-likeness (QED) is 0.373. The largest absolute Gasteiger partial charge is 0.348 e. The van der Waals surface area contributed by atoms with Gasteiger partial charge in [0.2, 0.25) is 11.1 Å². The summed E-state index contributed by atoms with van der Waals surface area (Å²) in [7, 11) is 0. The van der Waals surface area contributed by atoms with E-state index in [1.54, 1.807) is 28.9 Å². The van der Waals surface area contributed by atoms with Crippen molar-refractivity contribution in [2.45, 2.75) is 18.2 Å². The Bertz CT molecular complexity index is 1210. The number of anilines is 1. The number of nitrogens with zero attached hydrogens (tertiary/aromatic N) is 4. The summed E-state index contributed by atoms with van der Waals surface area (Å²) in [6, 6.07) is 26.4. The van der Waals surface area contributed by atoms with Crippen LogP contribution >= 0.6 is 11.8 Å². The number of benzene rings is 3. The Kier molecular flexibility index (Phi) is 7.44. The van der Waals surface area contributed by atoms with E-state index in [9.17, 15) is 9.59 Å². The second kappa shape index (κ2) is 11.1. The molecule has 0 saturated heterocycles. The van der Waals surface area contributed by atoms with Crippen molar-refractivity contribution in [3.63, 3.8) is 0 Å². The molecule has 8 nitrogen and oxygen atoms in total. The number of thioether (sulfide) groups is 1. The third kappa shape index (κ3) is 6.27. The van der Waals surface area contributed by atoms with Crippen LogP contribution in [0.1, 0.15) is 21.5 Å². The topological polar surface area (TPSA) is 102 Å². The van der Waals surface area contributed by atoms with E-state index in [4.69, 9.17) is 0 Å². The van der Waals surface area contributed by atoms with Crippen molar-refractivity contribution in [3.8, 4) is 0 Å². The predicted molar refractivity (Wildman–Crippen MR) is 127 cm³/mol. The first-order chi connectivity index (χ1) is 16.2. The standard InChI is InChI=1S/C24H22N6O2S/c31-22(17-33-24-27-28-29-30(24)16-19-11-5-2-6-12-19)26-21-14-8-7-13-20(21)23(32)25-15-18-9-3-1-4-10-18/h1-14H,15-17H2,(H,25,32)(H,26,31). The number of hydrogen-bond acceptors (Lipinski definition) is 6. The van der Waals surface area contributed by atoms with Gasteiger partial charge >= 0.3 is 0 Å². The number of amides is 2. The fraction of sp³-hybridized carbons (Fsp3) is 0.125. The van der Waals surface area contributed by atoms with Gasteiger partial charge in [0.1, 0.15) is 0 Å². The first-order valence-electron chi connectivity index (χ1n) is 10.3. The first kappa shape index (κ1) is 22.2. The molecule has 0 unspecified atom stereocenters. The van der Waals surface area contributed by atoms with Gasteiger partial charge in [0, 0.05) is 6.54 Å². The molecule has 2 amide bonds. The molecule has 1 heterocycles. The number of rotatable bonds is 9. The van der Waals surface area contributed by atoms with Gasteiger partial charge in [-0.15, -0.1) is 5.10 Å². The van der Waals surface area contributed by atoms with Gasteiger partial charge in [-0.25, -0.2) is 4.68 Å². The number of para-hydroxylation sites is 1. The molecule has 9 heteroatoms. The molecule has 0 aliphatic rings. The Morgan fingerprint density at radius 1 is 0.848 bits per heavy atom. The molecule has 0 saturated carbocycles. The number of aromatic nitrogens is 4. The highest BCUT2D eigenvalue weighted by Crippen LogP contribution is 2.18. The van der Waals surface area contributed by atoms with Gasteiger partial charge in [-0.1, -0.05) is 84.6 Å². The smallest absolute Gasteiger partial charge is 0.253 e. The maximum Gasteiger partial charge on any atom is 0.253 e. The fourth-order valence-electron chi connectivity index (χ4n) is 3.14. The van der Waals surface area contributed by atoms with Crippen LogP contribution in [0.3, 0.4) is 0 Å². The van der Waals surface area contributed by atoms with Crippen LogP contribution < -0.4 is 10.6 Å². The average Bonchev–Trinajstić information content (AvgIpc) is 3.29. The van der Waals surface area contributed by atoms with E-state index in [0.717, 1.165) is 11.1 Å². The van der Waals surface area contributed by atoms with E-state index >= 15 is 0 Å². The maximum absolute atomic E-state index is 12.7. The van der Waals surface area contributed by atoms with Crippen LogP contribution in [0.15, 0.2) is 90.1 Å². The summed E-state index contributed by atoms with van der Waals surface area (Å²) in [6.45, 7) is 0.921. The van der Waals surface area contributed by atoms with E-state index in [1.807, 2.05) is 60.7 Å². The molecule has 33 heavy (non-hydrogen) atoms. The van der Waals surface area contributed by atoms with Gasteiger partial charge in [0.15, 0.2) is 0 Å². The lowest BCUT2D eigenvalue weighted by atomic mass is 10.1. The van der Waals surface area contributed by atoms with Gasteiger partial charge in [-0.3, -0.25) is 9.59 Å². The summed E-state index contributed by atoms with van der Waals surface area (Å²) in [6.07, 6.45) is 0. The SMILES string of the molecule is O=C(CSc1nnnn1Cc1ccccc1)Nc1ccccc1C(=O)NCc1ccccc1. The summed E-state index contributed by atoms with van der Waals surface area (Å²) < 4.78 is 1.65. The molecule has 166 valence electrons. The molecular formula is C24H22N6O2S. The summed E-state index contributed by atoms with van der Waals surface area (Å²) >= 11 is 1.24. The zero-order valence-electron chi connectivity index (χ0n) is 17.7. The summed E-state index contributed by atoms with van der Waals surface area (Å²) in [5.74, 6) is -0.401. The lowest BCUT2D eigenvalue weighted by molar-refractivity contribution is -0.113. The lowest BCUT2D eigenvalue weighted by Gasteiger charge is -2.11. The zero-order valence-corrected chi connectivity index (χ0v) is 18.5. The van der Waals surface area contributed by atoms with Crippen LogP contribution in [-0.4, -0.2) is 37.8 Å². The van der Waals surface area contributed by atoms with E-state index in [2.05, 4.69) is 26.2 Å². The van der Waals surface area contributed by atoms with Crippen molar-refractivity contribution in [1.82, 2.24) is 25.5 Å². The molecule has 0 radical (unpaired) electrons. The van der Waals surface area contributed by atoms with Crippen LogP contribution in [0.4, 0.5) is 5.69 Å². The second-order valence-electron chi connectivity index (χ2n) is 7.16. The fourth-order valence-corrected chi connectivity index (χ4v) is 3.81. The highest BCUT2D eigenvalue weighted by molar-refractivity contribution is 7.99. The zero-order chi connectivity index (χ0) is 22.9. The van der Waals surface area contributed by atoms with E-state index in [1.165, 1.54) is 11.8 Å². The van der Waals surface area contributed by atoms with Crippen LogP contribution in [0, 0.1) is 0 Å². The Hall–Kier alpha value is -3.98. The van der Waals surface area contributed by atoms with E-state index in [0.29, 0.717) is 29.5 Å². The Morgan fingerprint density at radius 3 is 2.27 bits per heavy atom. The van der Waals surface area contributed by atoms with Gasteiger partial charge in [0.05, 0.1) is 23.5 Å². The Labute approximate surface area is 195 Å². The minimum Gasteiger partial charge on any atom is -0.348 e. The minimum atomic E-state index is -0.255. The van der Waals surface area contributed by atoms with Crippen LogP contribution in [0.2, 0.25) is 0 Å². The number of nitrogens with one attached hydrogen (secondary N) is 2. The van der Waals surface area contributed by atoms with E-state index in [-0.39, 0.29) is 17.6 Å². The second-order valence-corrected chi connectivity index (χ2v) is 8.10. The molecule has 0 aliphatic carbocycles. The monoisotopic (exact) mass is 458 g/mol. The molecule has 0 atom stereocenters. The predicted octanol–water partition coefficient (Wildman–Crippen LogP) is 3.38. The van der Waals surface area contributed by atoms with Crippen LogP contribution in [-0.2, 0) is 17.9 Å². The van der Waals surface area contributed by atoms with Crippen molar-refractivity contribution < 1.29 is 9.59 Å². The average molecular weight is 459 g/mol. The third-order valence-electron chi connectivity index (χ3n) is 4.75. The molecule has 4 aromatic rings. The minimum absolute atomic E-state index is 0.106. The molecule has 4 rings (SSSR count). The number of carbonyl (C=O) groups excluding carboxylic acids is 2. The summed E-state index contributed by atoms with van der Waals surface area (Å²) in [4.78, 5) is 25.3. The van der Waals surface area contributed by atoms with Crippen LogP contribution in [0.25, 0.3) is 0 Å². The lowest BCUT2D eigenvalue weighted by Crippen LogP contribution is -2.25. The molecule has 1 aromatic heterocycles. The molecule has 0 fully saturated rings. The molecular weight excluding hydrogens is 436 g/mol. The van der Waals surface area contributed by atoms with Crippen molar-refractivity contribution >= 4 is 29.3 Å². The number of carbonyl (C=O) groups is 2. The number of tetrazole rings is 1. The van der Waals surface area contributed by atoms with Gasteiger partial charge in [-0.05, 0) is 33.7 Å². The molecule has 0 aliphatic heterocycles.